The van der Waals surface area contributed by atoms with Crippen LogP contribution in [0.3, 0.4) is 0 Å². The Morgan fingerprint density at radius 2 is 1.68 bits per heavy atom. The van der Waals surface area contributed by atoms with Gasteiger partial charge in [0.05, 0.1) is 13.2 Å². The molecule has 0 aromatic heterocycles. The van der Waals surface area contributed by atoms with Crippen LogP contribution in [0.5, 0.6) is 0 Å². The molecular formula is C15H32N2O2. The quantitative estimate of drug-likeness (QED) is 0.731. The third-order valence-corrected chi connectivity index (χ3v) is 4.92. The van der Waals surface area contributed by atoms with Gasteiger partial charge in [-0.3, -0.25) is 4.90 Å². The molecule has 4 nitrogen and oxygen atoms in total. The molecule has 114 valence electrons. The van der Waals surface area contributed by atoms with Crippen LogP contribution in [0.15, 0.2) is 0 Å². The minimum atomic E-state index is 0.142. The van der Waals surface area contributed by atoms with E-state index >= 15 is 0 Å². The number of rotatable bonds is 8. The first-order chi connectivity index (χ1) is 9.09. The van der Waals surface area contributed by atoms with E-state index in [0.717, 1.165) is 44.7 Å². The van der Waals surface area contributed by atoms with Gasteiger partial charge in [-0.1, -0.05) is 13.8 Å². The summed E-state index contributed by atoms with van der Waals surface area (Å²) in [5, 5.41) is 0. The SMILES string of the molecule is COCCN(CCOC)C1(CN)CCC(C)C(C)C1. The molecule has 0 amide bonds. The van der Waals surface area contributed by atoms with Crippen molar-refractivity contribution in [3.05, 3.63) is 0 Å². The molecule has 1 saturated carbocycles. The summed E-state index contributed by atoms with van der Waals surface area (Å²) in [5.74, 6) is 1.55. The van der Waals surface area contributed by atoms with Gasteiger partial charge in [0.25, 0.3) is 0 Å². The summed E-state index contributed by atoms with van der Waals surface area (Å²) in [4.78, 5) is 2.50. The van der Waals surface area contributed by atoms with E-state index in [2.05, 4.69) is 18.7 Å². The van der Waals surface area contributed by atoms with E-state index in [-0.39, 0.29) is 5.54 Å². The maximum atomic E-state index is 6.17. The van der Waals surface area contributed by atoms with Gasteiger partial charge in [0, 0.05) is 39.4 Å². The van der Waals surface area contributed by atoms with Crippen LogP contribution in [-0.2, 0) is 9.47 Å². The number of ether oxygens (including phenoxy) is 2. The summed E-state index contributed by atoms with van der Waals surface area (Å²) in [7, 11) is 3.52. The number of nitrogens with two attached hydrogens (primary N) is 1. The fourth-order valence-corrected chi connectivity index (χ4v) is 3.27. The van der Waals surface area contributed by atoms with Crippen LogP contribution in [0.4, 0.5) is 0 Å². The highest BCUT2D eigenvalue weighted by molar-refractivity contribution is 4.97. The summed E-state index contributed by atoms with van der Waals surface area (Å²) < 4.78 is 10.5. The Kier molecular flexibility index (Phi) is 7.29. The lowest BCUT2D eigenvalue weighted by molar-refractivity contribution is -0.00760. The topological polar surface area (TPSA) is 47.7 Å². The maximum absolute atomic E-state index is 6.17. The molecule has 3 atom stereocenters. The molecule has 0 aromatic carbocycles. The van der Waals surface area contributed by atoms with Crippen molar-refractivity contribution in [1.82, 2.24) is 4.90 Å². The maximum Gasteiger partial charge on any atom is 0.0589 e. The molecule has 2 N–H and O–H groups in total. The standard InChI is InChI=1S/C15H32N2O2/c1-13-5-6-15(12-16,11-14(13)2)17(7-9-18-3)8-10-19-4/h13-14H,5-12,16H2,1-4H3. The largest absolute Gasteiger partial charge is 0.383 e. The fourth-order valence-electron chi connectivity index (χ4n) is 3.27. The number of methoxy groups -OCH3 is 2. The Labute approximate surface area is 118 Å². The smallest absolute Gasteiger partial charge is 0.0589 e. The van der Waals surface area contributed by atoms with Crippen LogP contribution in [0.1, 0.15) is 33.1 Å². The Morgan fingerprint density at radius 3 is 2.11 bits per heavy atom. The monoisotopic (exact) mass is 272 g/mol. The second-order valence-electron chi connectivity index (χ2n) is 6.10. The van der Waals surface area contributed by atoms with Crippen molar-refractivity contribution in [2.75, 3.05) is 47.1 Å². The molecule has 3 unspecified atom stereocenters. The van der Waals surface area contributed by atoms with Crippen molar-refractivity contribution in [1.29, 1.82) is 0 Å². The van der Waals surface area contributed by atoms with E-state index in [1.165, 1.54) is 19.3 Å². The van der Waals surface area contributed by atoms with Crippen LogP contribution < -0.4 is 5.73 Å². The molecule has 1 aliphatic carbocycles. The highest BCUT2D eigenvalue weighted by Gasteiger charge is 2.40. The van der Waals surface area contributed by atoms with Crippen molar-refractivity contribution >= 4 is 0 Å². The molecular weight excluding hydrogens is 240 g/mol. The summed E-state index contributed by atoms with van der Waals surface area (Å²) in [6.07, 6.45) is 3.66. The molecule has 1 aliphatic rings. The second-order valence-corrected chi connectivity index (χ2v) is 6.10. The molecule has 0 spiro atoms. The molecule has 0 bridgehead atoms. The van der Waals surface area contributed by atoms with E-state index in [0.29, 0.717) is 0 Å². The van der Waals surface area contributed by atoms with Gasteiger partial charge in [-0.2, -0.15) is 0 Å². The molecule has 19 heavy (non-hydrogen) atoms. The van der Waals surface area contributed by atoms with Gasteiger partial charge >= 0.3 is 0 Å². The second kappa shape index (κ2) is 8.20. The Hall–Kier alpha value is -0.160. The molecule has 1 rings (SSSR count). The Morgan fingerprint density at radius 1 is 1.11 bits per heavy atom. The summed E-state index contributed by atoms with van der Waals surface area (Å²) in [6.45, 7) is 8.86. The zero-order valence-corrected chi connectivity index (χ0v) is 13.2. The van der Waals surface area contributed by atoms with E-state index in [1.807, 2.05) is 0 Å². The zero-order valence-electron chi connectivity index (χ0n) is 13.2. The van der Waals surface area contributed by atoms with Crippen molar-refractivity contribution < 1.29 is 9.47 Å². The summed E-state index contributed by atoms with van der Waals surface area (Å²) in [6, 6.07) is 0. The van der Waals surface area contributed by atoms with E-state index < -0.39 is 0 Å². The highest BCUT2D eigenvalue weighted by atomic mass is 16.5. The zero-order chi connectivity index (χ0) is 14.3. The van der Waals surface area contributed by atoms with Crippen LogP contribution in [-0.4, -0.2) is 57.5 Å². The Balaban J connectivity index is 2.74. The van der Waals surface area contributed by atoms with Gasteiger partial charge in [-0.05, 0) is 31.1 Å². The van der Waals surface area contributed by atoms with Crippen molar-refractivity contribution in [3.8, 4) is 0 Å². The molecule has 1 fully saturated rings. The normalized spacial score (nSPS) is 31.9. The predicted octanol–water partition coefficient (Wildman–Crippen LogP) is 1.73. The molecule has 0 radical (unpaired) electrons. The molecule has 4 heteroatoms. The highest BCUT2D eigenvalue weighted by Crippen LogP contribution is 2.39. The fraction of sp³-hybridized carbons (Fsp3) is 1.00. The van der Waals surface area contributed by atoms with Crippen LogP contribution >= 0.6 is 0 Å². The number of nitrogens with zero attached hydrogens (tertiary/aromatic N) is 1. The van der Waals surface area contributed by atoms with Crippen LogP contribution in [0, 0.1) is 11.8 Å². The average molecular weight is 272 g/mol. The lowest BCUT2D eigenvalue weighted by atomic mass is 9.70. The van der Waals surface area contributed by atoms with Gasteiger partial charge in [-0.25, -0.2) is 0 Å². The van der Waals surface area contributed by atoms with E-state index in [1.54, 1.807) is 14.2 Å². The summed E-state index contributed by atoms with van der Waals surface area (Å²) in [5.41, 5.74) is 6.31. The number of hydrogen-bond donors (Lipinski definition) is 1. The lowest BCUT2D eigenvalue weighted by Gasteiger charge is -2.49. The van der Waals surface area contributed by atoms with E-state index in [4.69, 9.17) is 15.2 Å². The molecule has 0 heterocycles. The van der Waals surface area contributed by atoms with Crippen LogP contribution in [0.2, 0.25) is 0 Å². The first-order valence-electron chi connectivity index (χ1n) is 7.52. The van der Waals surface area contributed by atoms with Crippen molar-refractivity contribution in [2.45, 2.75) is 38.6 Å². The van der Waals surface area contributed by atoms with Crippen LogP contribution in [0.25, 0.3) is 0 Å². The Bertz CT molecular complexity index is 242. The minimum absolute atomic E-state index is 0.142. The average Bonchev–Trinajstić information content (AvgIpc) is 2.42. The molecule has 0 aromatic rings. The van der Waals surface area contributed by atoms with Gasteiger partial charge in [0.1, 0.15) is 0 Å². The van der Waals surface area contributed by atoms with Gasteiger partial charge in [0.15, 0.2) is 0 Å². The minimum Gasteiger partial charge on any atom is -0.383 e. The summed E-state index contributed by atoms with van der Waals surface area (Å²) >= 11 is 0. The van der Waals surface area contributed by atoms with Crippen molar-refractivity contribution in [3.63, 3.8) is 0 Å². The molecule has 0 saturated heterocycles. The van der Waals surface area contributed by atoms with Gasteiger partial charge < -0.3 is 15.2 Å². The van der Waals surface area contributed by atoms with Gasteiger partial charge in [-0.15, -0.1) is 0 Å². The molecule has 0 aliphatic heterocycles. The third kappa shape index (κ3) is 4.42. The first kappa shape index (κ1) is 16.9. The first-order valence-corrected chi connectivity index (χ1v) is 7.52. The third-order valence-electron chi connectivity index (χ3n) is 4.92. The predicted molar refractivity (Wildman–Crippen MR) is 79.3 cm³/mol. The van der Waals surface area contributed by atoms with Gasteiger partial charge in [0.2, 0.25) is 0 Å². The number of hydrogen-bond acceptors (Lipinski definition) is 4. The van der Waals surface area contributed by atoms with Crippen molar-refractivity contribution in [2.24, 2.45) is 17.6 Å². The lowest BCUT2D eigenvalue weighted by Crippen LogP contribution is -2.58. The van der Waals surface area contributed by atoms with E-state index in [9.17, 15) is 0 Å².